The van der Waals surface area contributed by atoms with E-state index < -0.39 is 5.60 Å². The molecule has 1 aromatic carbocycles. The average Bonchev–Trinajstić information content (AvgIpc) is 3.04. The number of methoxy groups -OCH3 is 1. The molecule has 5 heteroatoms. The number of piperidine rings is 1. The smallest absolute Gasteiger partial charge is 0.242 e. The molecule has 1 aromatic heterocycles. The van der Waals surface area contributed by atoms with Gasteiger partial charge in [-0.15, -0.1) is 0 Å². The van der Waals surface area contributed by atoms with Crippen molar-refractivity contribution in [1.82, 2.24) is 9.47 Å². The summed E-state index contributed by atoms with van der Waals surface area (Å²) in [5, 5.41) is 11.8. The summed E-state index contributed by atoms with van der Waals surface area (Å²) in [5.41, 5.74) is 0.474. The molecular formula is C20H26N2O3. The fraction of sp³-hybridized carbons (Fsp3) is 0.550. The van der Waals surface area contributed by atoms with Crippen molar-refractivity contribution >= 4 is 16.8 Å². The Balaban J connectivity index is 1.49. The number of hydrogen-bond donors (Lipinski definition) is 1. The molecule has 1 aliphatic carbocycles. The maximum Gasteiger partial charge on any atom is 0.242 e. The number of rotatable bonds is 3. The highest BCUT2D eigenvalue weighted by atomic mass is 16.5. The Kier molecular flexibility index (Phi) is 4.20. The number of aliphatic hydroxyl groups is 1. The fourth-order valence-corrected chi connectivity index (χ4v) is 4.55. The molecule has 0 spiro atoms. The summed E-state index contributed by atoms with van der Waals surface area (Å²) in [6, 6.07) is 7.90. The minimum atomic E-state index is -0.539. The van der Waals surface area contributed by atoms with Gasteiger partial charge in [-0.05, 0) is 37.5 Å². The second-order valence-corrected chi connectivity index (χ2v) is 7.47. The van der Waals surface area contributed by atoms with Gasteiger partial charge < -0.3 is 19.3 Å². The predicted molar refractivity (Wildman–Crippen MR) is 96.6 cm³/mol. The number of fused-ring (bicyclic) bond motifs is 2. The highest BCUT2D eigenvalue weighted by molar-refractivity contribution is 5.88. The van der Waals surface area contributed by atoms with Gasteiger partial charge in [-0.1, -0.05) is 18.9 Å². The molecule has 4 rings (SSSR count). The van der Waals surface area contributed by atoms with E-state index in [9.17, 15) is 9.90 Å². The summed E-state index contributed by atoms with van der Waals surface area (Å²) in [4.78, 5) is 14.8. The lowest BCUT2D eigenvalue weighted by Gasteiger charge is -2.47. The number of hydrogen-bond acceptors (Lipinski definition) is 3. The van der Waals surface area contributed by atoms with Crippen molar-refractivity contribution in [3.63, 3.8) is 0 Å². The fourth-order valence-electron chi connectivity index (χ4n) is 4.55. The van der Waals surface area contributed by atoms with Gasteiger partial charge in [0.15, 0.2) is 0 Å². The van der Waals surface area contributed by atoms with Gasteiger partial charge >= 0.3 is 0 Å². The molecule has 5 nitrogen and oxygen atoms in total. The normalized spacial score (nSPS) is 26.5. The first-order valence-corrected chi connectivity index (χ1v) is 9.23. The lowest BCUT2D eigenvalue weighted by molar-refractivity contribution is -0.143. The Morgan fingerprint density at radius 2 is 2.20 bits per heavy atom. The molecule has 1 aliphatic heterocycles. The first kappa shape index (κ1) is 16.5. The second kappa shape index (κ2) is 6.37. The molecule has 0 bridgehead atoms. The van der Waals surface area contributed by atoms with E-state index in [-0.39, 0.29) is 11.8 Å². The van der Waals surface area contributed by atoms with Crippen LogP contribution in [-0.4, -0.2) is 46.3 Å². The summed E-state index contributed by atoms with van der Waals surface area (Å²) in [5.74, 6) is 1.20. The molecule has 2 aromatic rings. The van der Waals surface area contributed by atoms with Gasteiger partial charge in [0.05, 0.1) is 18.2 Å². The van der Waals surface area contributed by atoms with Crippen LogP contribution in [0.4, 0.5) is 0 Å². The largest absolute Gasteiger partial charge is 0.496 e. The Morgan fingerprint density at radius 1 is 1.32 bits per heavy atom. The predicted octanol–water partition coefficient (Wildman–Crippen LogP) is 2.80. The number of likely N-dealkylation sites (tertiary alicyclic amines) is 1. The molecule has 2 fully saturated rings. The van der Waals surface area contributed by atoms with Gasteiger partial charge in [0.1, 0.15) is 12.3 Å². The Bertz CT molecular complexity index is 784. The van der Waals surface area contributed by atoms with E-state index in [1.807, 2.05) is 39.9 Å². The minimum absolute atomic E-state index is 0.132. The Hall–Kier alpha value is -2.01. The summed E-state index contributed by atoms with van der Waals surface area (Å²) in [6.45, 7) is 1.69. The first-order valence-electron chi connectivity index (χ1n) is 9.23. The van der Waals surface area contributed by atoms with E-state index in [4.69, 9.17) is 4.74 Å². The van der Waals surface area contributed by atoms with Crippen LogP contribution in [0.25, 0.3) is 10.9 Å². The highest BCUT2D eigenvalue weighted by Gasteiger charge is 2.43. The van der Waals surface area contributed by atoms with E-state index >= 15 is 0 Å². The van der Waals surface area contributed by atoms with Crippen molar-refractivity contribution in [2.75, 3.05) is 20.2 Å². The minimum Gasteiger partial charge on any atom is -0.496 e. The summed E-state index contributed by atoms with van der Waals surface area (Å²) in [7, 11) is 1.66. The van der Waals surface area contributed by atoms with E-state index in [0.29, 0.717) is 26.1 Å². The zero-order valence-electron chi connectivity index (χ0n) is 14.8. The number of ether oxygens (including phenoxy) is 1. The topological polar surface area (TPSA) is 54.7 Å². The average molecular weight is 342 g/mol. The van der Waals surface area contributed by atoms with E-state index in [2.05, 4.69) is 0 Å². The van der Waals surface area contributed by atoms with Crippen LogP contribution in [0.5, 0.6) is 5.75 Å². The van der Waals surface area contributed by atoms with Gasteiger partial charge in [-0.2, -0.15) is 0 Å². The SMILES string of the molecule is COc1cccc2c1ccn2CC(=O)N1CCC2(O)CCCCC2C1. The van der Waals surface area contributed by atoms with Crippen molar-refractivity contribution in [3.05, 3.63) is 30.5 Å². The van der Waals surface area contributed by atoms with Crippen LogP contribution in [0.1, 0.15) is 32.1 Å². The lowest BCUT2D eigenvalue weighted by atomic mass is 9.71. The van der Waals surface area contributed by atoms with Gasteiger partial charge in [0.2, 0.25) is 5.91 Å². The molecule has 0 radical (unpaired) electrons. The molecule has 2 atom stereocenters. The molecule has 25 heavy (non-hydrogen) atoms. The number of carbonyl (C=O) groups excluding carboxylic acids is 1. The van der Waals surface area contributed by atoms with Crippen molar-refractivity contribution in [1.29, 1.82) is 0 Å². The van der Waals surface area contributed by atoms with Crippen molar-refractivity contribution < 1.29 is 14.6 Å². The zero-order valence-corrected chi connectivity index (χ0v) is 14.8. The third-order valence-electron chi connectivity index (χ3n) is 6.08. The highest BCUT2D eigenvalue weighted by Crippen LogP contribution is 2.39. The Morgan fingerprint density at radius 3 is 3.04 bits per heavy atom. The molecule has 2 heterocycles. The van der Waals surface area contributed by atoms with Crippen molar-refractivity contribution in [2.24, 2.45) is 5.92 Å². The number of nitrogens with zero attached hydrogens (tertiary/aromatic N) is 2. The molecule has 1 saturated carbocycles. The maximum atomic E-state index is 12.8. The molecule has 1 N–H and O–H groups in total. The van der Waals surface area contributed by atoms with Gasteiger partial charge in [0.25, 0.3) is 0 Å². The summed E-state index contributed by atoms with van der Waals surface area (Å²) < 4.78 is 7.38. The lowest BCUT2D eigenvalue weighted by Crippen LogP contribution is -2.55. The van der Waals surface area contributed by atoms with Crippen LogP contribution >= 0.6 is 0 Å². The number of aromatic nitrogens is 1. The number of amides is 1. The molecular weight excluding hydrogens is 316 g/mol. The molecule has 1 saturated heterocycles. The van der Waals surface area contributed by atoms with E-state index in [1.165, 1.54) is 0 Å². The molecule has 1 amide bonds. The van der Waals surface area contributed by atoms with Crippen LogP contribution in [0, 0.1) is 5.92 Å². The second-order valence-electron chi connectivity index (χ2n) is 7.47. The first-order chi connectivity index (χ1) is 12.1. The monoisotopic (exact) mass is 342 g/mol. The van der Waals surface area contributed by atoms with Crippen molar-refractivity contribution in [2.45, 2.75) is 44.2 Å². The van der Waals surface area contributed by atoms with Gasteiger partial charge in [-0.25, -0.2) is 0 Å². The van der Waals surface area contributed by atoms with Crippen LogP contribution in [0.15, 0.2) is 30.5 Å². The third kappa shape index (κ3) is 2.91. The van der Waals surface area contributed by atoms with E-state index in [1.54, 1.807) is 7.11 Å². The quantitative estimate of drug-likeness (QED) is 0.933. The van der Waals surface area contributed by atoms with Crippen molar-refractivity contribution in [3.8, 4) is 5.75 Å². The zero-order chi connectivity index (χ0) is 17.4. The maximum absolute atomic E-state index is 12.8. The summed E-state index contributed by atoms with van der Waals surface area (Å²) >= 11 is 0. The number of carbonyl (C=O) groups is 1. The third-order valence-corrected chi connectivity index (χ3v) is 6.08. The van der Waals surface area contributed by atoms with Crippen LogP contribution in [0.3, 0.4) is 0 Å². The Labute approximate surface area is 148 Å². The van der Waals surface area contributed by atoms with Crippen LogP contribution in [0.2, 0.25) is 0 Å². The molecule has 2 unspecified atom stereocenters. The van der Waals surface area contributed by atoms with Gasteiger partial charge in [-0.3, -0.25) is 4.79 Å². The van der Waals surface area contributed by atoms with Crippen LogP contribution < -0.4 is 4.74 Å². The summed E-state index contributed by atoms with van der Waals surface area (Å²) in [6.07, 6.45) is 6.86. The molecule has 2 aliphatic rings. The number of benzene rings is 1. The standard InChI is InChI=1S/C20H26N2O3/c1-25-18-7-4-6-17-16(18)8-11-21(17)14-19(23)22-12-10-20(24)9-3-2-5-15(20)13-22/h4,6-8,11,15,24H,2-3,5,9-10,12-14H2,1H3. The van der Waals surface area contributed by atoms with E-state index in [0.717, 1.165) is 42.3 Å². The molecule has 134 valence electrons. The van der Waals surface area contributed by atoms with Crippen LogP contribution in [-0.2, 0) is 11.3 Å². The van der Waals surface area contributed by atoms with Gasteiger partial charge in [0, 0.05) is 30.6 Å².